The van der Waals surface area contributed by atoms with Crippen LogP contribution in [-0.2, 0) is 23.9 Å². The zero-order valence-electron chi connectivity index (χ0n) is 21.4. The third kappa shape index (κ3) is 6.66. The summed E-state index contributed by atoms with van der Waals surface area (Å²) in [5.41, 5.74) is -0.401. The molecule has 3 rings (SSSR count). The molecule has 5 N–H and O–H groups in total. The van der Waals surface area contributed by atoms with Crippen LogP contribution in [0.15, 0.2) is 23.9 Å². The second kappa shape index (κ2) is 12.3. The number of ether oxygens (including phenoxy) is 1. The fourth-order valence-electron chi connectivity index (χ4n) is 6.00. The Labute approximate surface area is 216 Å². The molecule has 0 aromatic heterocycles. The van der Waals surface area contributed by atoms with Gasteiger partial charge in [-0.1, -0.05) is 44.8 Å². The molecule has 0 aromatic carbocycles. The minimum absolute atomic E-state index is 0.0821. The van der Waals surface area contributed by atoms with Crippen molar-refractivity contribution in [1.82, 2.24) is 5.32 Å². The molecular weight excluding hydrogens is 482 g/mol. The third-order valence-electron chi connectivity index (χ3n) is 7.89. The molecule has 0 aromatic rings. The number of aliphatic hydroxyl groups is 2. The van der Waals surface area contributed by atoms with Gasteiger partial charge in [0.2, 0.25) is 11.6 Å². The van der Waals surface area contributed by atoms with Gasteiger partial charge in [0.15, 0.2) is 5.78 Å². The molecule has 0 saturated carbocycles. The number of carbonyl (C=O) groups excluding carboxylic acids is 2. The predicted molar refractivity (Wildman–Crippen MR) is 132 cm³/mol. The van der Waals surface area contributed by atoms with E-state index in [-0.39, 0.29) is 38.0 Å². The molecule has 2 fully saturated rings. The van der Waals surface area contributed by atoms with Crippen molar-refractivity contribution in [2.75, 3.05) is 0 Å². The van der Waals surface area contributed by atoms with Gasteiger partial charge in [-0.05, 0) is 32.1 Å². The fraction of sp³-hybridized carbons (Fsp3) is 0.704. The molecular formula is C27H39NO9. The summed E-state index contributed by atoms with van der Waals surface area (Å²) in [4.78, 5) is 48.1. The lowest BCUT2D eigenvalue weighted by molar-refractivity contribution is -0.278. The molecule has 1 spiro atoms. The molecule has 2 aliphatic heterocycles. The largest absolute Gasteiger partial charge is 0.481 e. The molecule has 10 nitrogen and oxygen atoms in total. The highest BCUT2D eigenvalue weighted by Crippen LogP contribution is 2.59. The van der Waals surface area contributed by atoms with E-state index in [2.05, 4.69) is 5.32 Å². The summed E-state index contributed by atoms with van der Waals surface area (Å²) in [6.07, 6.45) is 8.15. The van der Waals surface area contributed by atoms with E-state index in [1.54, 1.807) is 0 Å². The van der Waals surface area contributed by atoms with E-state index in [0.717, 1.165) is 25.7 Å². The van der Waals surface area contributed by atoms with Crippen LogP contribution >= 0.6 is 0 Å². The maximum absolute atomic E-state index is 13.0. The number of aliphatic hydroxyl groups excluding tert-OH is 1. The second-order valence-corrected chi connectivity index (χ2v) is 10.5. The van der Waals surface area contributed by atoms with Gasteiger partial charge in [0.05, 0.1) is 6.10 Å². The van der Waals surface area contributed by atoms with Gasteiger partial charge in [-0.3, -0.25) is 14.4 Å². The van der Waals surface area contributed by atoms with Gasteiger partial charge >= 0.3 is 11.9 Å². The second-order valence-electron chi connectivity index (χ2n) is 10.5. The number of hydrogen-bond donors (Lipinski definition) is 5. The average molecular weight is 522 g/mol. The zero-order valence-corrected chi connectivity index (χ0v) is 21.4. The fourth-order valence-corrected chi connectivity index (χ4v) is 6.00. The molecule has 0 radical (unpaired) electrons. The van der Waals surface area contributed by atoms with E-state index in [1.165, 1.54) is 6.08 Å². The van der Waals surface area contributed by atoms with Gasteiger partial charge in [0, 0.05) is 42.4 Å². The van der Waals surface area contributed by atoms with Crippen LogP contribution in [0.4, 0.5) is 0 Å². The number of fused-ring (bicyclic) bond motifs is 1. The summed E-state index contributed by atoms with van der Waals surface area (Å²) >= 11 is 0. The summed E-state index contributed by atoms with van der Waals surface area (Å²) < 4.78 is 5.88. The van der Waals surface area contributed by atoms with Crippen molar-refractivity contribution in [2.24, 2.45) is 11.3 Å². The van der Waals surface area contributed by atoms with Crippen LogP contribution in [0.1, 0.15) is 84.0 Å². The molecule has 2 heterocycles. The molecule has 2 saturated heterocycles. The van der Waals surface area contributed by atoms with Gasteiger partial charge in [0.1, 0.15) is 12.1 Å². The van der Waals surface area contributed by atoms with E-state index >= 15 is 0 Å². The highest BCUT2D eigenvalue weighted by atomic mass is 16.6. The van der Waals surface area contributed by atoms with E-state index in [1.807, 2.05) is 19.1 Å². The van der Waals surface area contributed by atoms with Crippen molar-refractivity contribution in [3.8, 4) is 0 Å². The summed E-state index contributed by atoms with van der Waals surface area (Å²) in [6.45, 7) is 1.98. The maximum atomic E-state index is 13.0. The Kier molecular flexibility index (Phi) is 9.66. The predicted octanol–water partition coefficient (Wildman–Crippen LogP) is 2.47. The van der Waals surface area contributed by atoms with Gasteiger partial charge in [0.25, 0.3) is 0 Å². The summed E-state index contributed by atoms with van der Waals surface area (Å²) in [7, 11) is 0. The van der Waals surface area contributed by atoms with Crippen LogP contribution in [0.5, 0.6) is 0 Å². The first kappa shape index (κ1) is 29.0. The average Bonchev–Trinajstić information content (AvgIpc) is 3.18. The number of ketones is 2. The standard InChI is InChI=1S/C27H39NO9/c1-2-3-7-10-17-21(13-20(30)19(29)11-8-5-4-6-9-12-24(32)33)37-27(36)16-26(17)15-18(25(34)35)28-22(26)14-23(27)31/h3,7,14,17-19,21,28-29,36H,2,4-6,8-13,15-16H2,1H3,(H,32,33)(H,34,35)/b7-3-/t17-,18-,19+,21-,26?,27-/m0/s1. The number of aliphatic carboxylic acids is 2. The number of carboxylic acid groups (broad SMARTS) is 2. The van der Waals surface area contributed by atoms with Crippen molar-refractivity contribution in [3.63, 3.8) is 0 Å². The van der Waals surface area contributed by atoms with Crippen molar-refractivity contribution in [3.05, 3.63) is 23.9 Å². The SMILES string of the molecule is CC/C=C\C[C@H]1[C@H](CC(=O)[C@H](O)CCCCCCCC(=O)O)O[C@@]2(O)CC13C[C@@H](C(=O)O)NC3=CC2=O. The topological polar surface area (TPSA) is 170 Å². The van der Waals surface area contributed by atoms with Gasteiger partial charge in [-0.2, -0.15) is 0 Å². The van der Waals surface area contributed by atoms with Gasteiger partial charge in [-0.15, -0.1) is 0 Å². The van der Waals surface area contributed by atoms with Crippen LogP contribution in [0.2, 0.25) is 0 Å². The number of carbonyl (C=O) groups is 4. The molecule has 2 bridgehead atoms. The number of unbranched alkanes of at least 4 members (excludes halogenated alkanes) is 4. The molecule has 37 heavy (non-hydrogen) atoms. The Morgan fingerprint density at radius 3 is 2.54 bits per heavy atom. The van der Waals surface area contributed by atoms with Gasteiger partial charge in [-0.25, -0.2) is 4.79 Å². The quantitative estimate of drug-likeness (QED) is 0.159. The van der Waals surface area contributed by atoms with Gasteiger partial charge < -0.3 is 30.5 Å². The molecule has 206 valence electrons. The summed E-state index contributed by atoms with van der Waals surface area (Å²) in [5, 5.41) is 42.9. The number of carboxylic acids is 2. The lowest BCUT2D eigenvalue weighted by Crippen LogP contribution is -2.61. The lowest BCUT2D eigenvalue weighted by atomic mass is 9.59. The van der Waals surface area contributed by atoms with E-state index in [0.29, 0.717) is 25.0 Å². The van der Waals surface area contributed by atoms with Crippen molar-refractivity contribution >= 4 is 23.5 Å². The number of rotatable bonds is 15. The van der Waals surface area contributed by atoms with E-state index in [4.69, 9.17) is 9.84 Å². The Morgan fingerprint density at radius 2 is 1.86 bits per heavy atom. The number of allylic oxidation sites excluding steroid dienone is 3. The van der Waals surface area contributed by atoms with Crippen molar-refractivity contribution in [2.45, 2.75) is 108 Å². The van der Waals surface area contributed by atoms with E-state index < -0.39 is 53.0 Å². The Morgan fingerprint density at radius 1 is 1.16 bits per heavy atom. The zero-order chi connectivity index (χ0) is 27.2. The van der Waals surface area contributed by atoms with E-state index in [9.17, 15) is 34.5 Å². The van der Waals surface area contributed by atoms with Crippen LogP contribution in [0.25, 0.3) is 0 Å². The number of Topliss-reactive ketones (excluding diaryl/α,β-unsaturated/α-hetero) is 1. The van der Waals surface area contributed by atoms with Crippen LogP contribution in [0, 0.1) is 11.3 Å². The summed E-state index contributed by atoms with van der Waals surface area (Å²) in [5.74, 6) is -5.52. The minimum atomic E-state index is -2.14. The highest BCUT2D eigenvalue weighted by molar-refractivity contribution is 5.98. The molecule has 0 amide bonds. The first-order chi connectivity index (χ1) is 17.5. The molecule has 6 atom stereocenters. The lowest BCUT2D eigenvalue weighted by Gasteiger charge is -2.53. The third-order valence-corrected chi connectivity index (χ3v) is 7.89. The summed E-state index contributed by atoms with van der Waals surface area (Å²) in [6, 6.07) is -0.922. The van der Waals surface area contributed by atoms with Crippen molar-refractivity contribution in [1.29, 1.82) is 0 Å². The Balaban J connectivity index is 1.70. The normalized spacial score (nSPS) is 31.5. The smallest absolute Gasteiger partial charge is 0.326 e. The maximum Gasteiger partial charge on any atom is 0.326 e. The highest BCUT2D eigenvalue weighted by Gasteiger charge is 2.64. The monoisotopic (exact) mass is 521 g/mol. The first-order valence-corrected chi connectivity index (χ1v) is 13.3. The van der Waals surface area contributed by atoms with Crippen LogP contribution < -0.4 is 5.32 Å². The minimum Gasteiger partial charge on any atom is -0.481 e. The molecule has 1 unspecified atom stereocenters. The number of hydrogen-bond acceptors (Lipinski definition) is 8. The Hall–Kier alpha value is -2.56. The number of nitrogens with one attached hydrogen (secondary N) is 1. The molecule has 3 aliphatic rings. The van der Waals surface area contributed by atoms with Crippen LogP contribution in [0.3, 0.4) is 0 Å². The van der Waals surface area contributed by atoms with Crippen LogP contribution in [-0.4, -0.2) is 68.0 Å². The van der Waals surface area contributed by atoms with Crippen molar-refractivity contribution < 1.29 is 44.3 Å². The first-order valence-electron chi connectivity index (χ1n) is 13.3. The molecule has 1 aliphatic carbocycles. The molecule has 10 heteroatoms. The Bertz CT molecular complexity index is 944.